The van der Waals surface area contributed by atoms with E-state index in [0.29, 0.717) is 42.0 Å². The zero-order chi connectivity index (χ0) is 22.9. The molecule has 0 fully saturated rings. The quantitative estimate of drug-likeness (QED) is 0.401. The highest BCUT2D eigenvalue weighted by atomic mass is 32.2. The zero-order valence-electron chi connectivity index (χ0n) is 17.9. The van der Waals surface area contributed by atoms with Crippen LogP contribution in [0.1, 0.15) is 32.7 Å². The van der Waals surface area contributed by atoms with E-state index in [0.717, 1.165) is 17.4 Å². The van der Waals surface area contributed by atoms with E-state index >= 15 is 0 Å². The Morgan fingerprint density at radius 3 is 2.38 bits per heavy atom. The summed E-state index contributed by atoms with van der Waals surface area (Å²) in [6.07, 6.45) is 1.72. The molecule has 7 heteroatoms. The molecule has 3 aromatic rings. The number of rotatable bonds is 7. The van der Waals surface area contributed by atoms with Gasteiger partial charge in [0.1, 0.15) is 5.75 Å². The Morgan fingerprint density at radius 1 is 0.906 bits per heavy atom. The summed E-state index contributed by atoms with van der Waals surface area (Å²) in [5.41, 5.74) is 3.44. The number of nitrogens with zero attached hydrogens (tertiary/aromatic N) is 1. The highest BCUT2D eigenvalue weighted by molar-refractivity contribution is 7.90. The van der Waals surface area contributed by atoms with Crippen molar-refractivity contribution >= 4 is 21.5 Å². The van der Waals surface area contributed by atoms with Crippen molar-refractivity contribution in [2.75, 3.05) is 26.5 Å². The van der Waals surface area contributed by atoms with Gasteiger partial charge in [0, 0.05) is 36.5 Å². The van der Waals surface area contributed by atoms with Crippen LogP contribution >= 0.6 is 0 Å². The highest BCUT2D eigenvalue weighted by Gasteiger charge is 2.27. The summed E-state index contributed by atoms with van der Waals surface area (Å²) >= 11 is 0. The first-order valence-corrected chi connectivity index (χ1v) is 12.1. The molecule has 32 heavy (non-hydrogen) atoms. The Kier molecular flexibility index (Phi) is 5.84. The first kappa shape index (κ1) is 21.8. The second-order valence-electron chi connectivity index (χ2n) is 7.81. The number of hydrogen-bond donors (Lipinski definition) is 0. The summed E-state index contributed by atoms with van der Waals surface area (Å²) in [6.45, 7) is 0.790. The maximum Gasteiger partial charge on any atom is 0.253 e. The molecule has 0 radical (unpaired) electrons. The summed E-state index contributed by atoms with van der Waals surface area (Å²) in [7, 11) is -1.59. The SMILES string of the molecule is CN(CCCOc1cccc(S(C)(=O)=O)c1)C(=O)c1ccc2c(c1)C(=O)c1ccccc1-2. The van der Waals surface area contributed by atoms with Crippen molar-refractivity contribution in [3.8, 4) is 16.9 Å². The molecule has 0 aliphatic heterocycles. The van der Waals surface area contributed by atoms with Gasteiger partial charge in [0.05, 0.1) is 11.5 Å². The van der Waals surface area contributed by atoms with Crippen LogP contribution in [0.5, 0.6) is 5.75 Å². The first-order valence-electron chi connectivity index (χ1n) is 10.2. The minimum Gasteiger partial charge on any atom is -0.493 e. The Morgan fingerprint density at radius 2 is 1.62 bits per heavy atom. The van der Waals surface area contributed by atoms with Crippen LogP contribution in [0.15, 0.2) is 71.6 Å². The zero-order valence-corrected chi connectivity index (χ0v) is 18.7. The van der Waals surface area contributed by atoms with Gasteiger partial charge < -0.3 is 9.64 Å². The van der Waals surface area contributed by atoms with Gasteiger partial charge in [0.15, 0.2) is 15.6 Å². The van der Waals surface area contributed by atoms with Crippen molar-refractivity contribution in [3.05, 3.63) is 83.4 Å². The average Bonchev–Trinajstić information content (AvgIpc) is 3.07. The minimum atomic E-state index is -3.29. The third-order valence-electron chi connectivity index (χ3n) is 5.46. The second kappa shape index (κ2) is 8.59. The minimum absolute atomic E-state index is 0.0578. The topological polar surface area (TPSA) is 80.8 Å². The molecule has 0 spiro atoms. The van der Waals surface area contributed by atoms with Gasteiger partial charge in [-0.3, -0.25) is 9.59 Å². The third kappa shape index (κ3) is 4.29. The molecule has 164 valence electrons. The van der Waals surface area contributed by atoms with Gasteiger partial charge >= 0.3 is 0 Å². The molecule has 4 rings (SSSR count). The molecule has 1 aliphatic rings. The molecule has 0 saturated heterocycles. The van der Waals surface area contributed by atoms with E-state index < -0.39 is 9.84 Å². The van der Waals surface area contributed by atoms with Crippen molar-refractivity contribution in [2.45, 2.75) is 11.3 Å². The van der Waals surface area contributed by atoms with Crippen molar-refractivity contribution in [3.63, 3.8) is 0 Å². The van der Waals surface area contributed by atoms with E-state index in [2.05, 4.69) is 0 Å². The predicted molar refractivity (Wildman–Crippen MR) is 122 cm³/mol. The largest absolute Gasteiger partial charge is 0.493 e. The van der Waals surface area contributed by atoms with E-state index in [9.17, 15) is 18.0 Å². The number of sulfone groups is 1. The lowest BCUT2D eigenvalue weighted by molar-refractivity contribution is 0.0788. The lowest BCUT2D eigenvalue weighted by Gasteiger charge is -2.18. The molecule has 0 N–H and O–H groups in total. The van der Waals surface area contributed by atoms with Crippen LogP contribution in [-0.4, -0.2) is 51.5 Å². The third-order valence-corrected chi connectivity index (χ3v) is 6.57. The number of ether oxygens (including phenoxy) is 1. The number of ketones is 1. The van der Waals surface area contributed by atoms with Crippen molar-refractivity contribution in [1.82, 2.24) is 4.90 Å². The lowest BCUT2D eigenvalue weighted by Crippen LogP contribution is -2.28. The summed E-state index contributed by atoms with van der Waals surface area (Å²) in [5, 5.41) is 0. The number of benzene rings is 3. The van der Waals surface area contributed by atoms with E-state index in [1.165, 1.54) is 12.1 Å². The first-order chi connectivity index (χ1) is 15.3. The Hall–Kier alpha value is -3.45. The highest BCUT2D eigenvalue weighted by Crippen LogP contribution is 2.36. The van der Waals surface area contributed by atoms with Crippen LogP contribution in [0.25, 0.3) is 11.1 Å². The predicted octanol–water partition coefficient (Wildman–Crippen LogP) is 3.84. The maximum absolute atomic E-state index is 12.9. The number of amides is 1. The van der Waals surface area contributed by atoms with E-state index in [4.69, 9.17) is 4.74 Å². The normalized spacial score (nSPS) is 12.2. The van der Waals surface area contributed by atoms with E-state index in [1.807, 2.05) is 24.3 Å². The van der Waals surface area contributed by atoms with Crippen molar-refractivity contribution < 1.29 is 22.7 Å². The number of fused-ring (bicyclic) bond motifs is 3. The van der Waals surface area contributed by atoms with Crippen LogP contribution in [0.2, 0.25) is 0 Å². The number of hydrogen-bond acceptors (Lipinski definition) is 5. The van der Waals surface area contributed by atoms with Gasteiger partial charge in [0.25, 0.3) is 5.91 Å². The molecule has 0 unspecified atom stereocenters. The van der Waals surface area contributed by atoms with E-state index in [1.54, 1.807) is 42.3 Å². The molecule has 0 bridgehead atoms. The fourth-order valence-electron chi connectivity index (χ4n) is 3.77. The molecular weight excluding hydrogens is 426 g/mol. The van der Waals surface area contributed by atoms with Crippen LogP contribution in [0.4, 0.5) is 0 Å². The van der Waals surface area contributed by atoms with Crippen molar-refractivity contribution in [1.29, 1.82) is 0 Å². The fraction of sp³-hybridized carbons (Fsp3) is 0.200. The number of carbonyl (C=O) groups is 2. The van der Waals surface area contributed by atoms with Gasteiger partial charge in [-0.15, -0.1) is 0 Å². The standard InChI is InChI=1S/C25H23NO5S/c1-26(13-6-14-31-18-7-5-8-19(16-18)32(2,29)30)25(28)17-11-12-21-20-9-3-4-10-22(20)24(27)23(21)15-17/h3-5,7-12,15-16H,6,13-14H2,1-2H3. The van der Waals surface area contributed by atoms with E-state index in [-0.39, 0.29) is 16.6 Å². The molecule has 0 saturated carbocycles. The number of carbonyl (C=O) groups excluding carboxylic acids is 2. The van der Waals surface area contributed by atoms with Crippen molar-refractivity contribution in [2.24, 2.45) is 0 Å². The van der Waals surface area contributed by atoms with Gasteiger partial charge in [0.2, 0.25) is 0 Å². The van der Waals surface area contributed by atoms with Crippen LogP contribution in [0.3, 0.4) is 0 Å². The summed E-state index contributed by atoms with van der Waals surface area (Å²) in [4.78, 5) is 27.3. The van der Waals surface area contributed by atoms with Gasteiger partial charge in [-0.25, -0.2) is 8.42 Å². The summed E-state index contributed by atoms with van der Waals surface area (Å²) < 4.78 is 28.9. The fourth-order valence-corrected chi connectivity index (χ4v) is 4.43. The molecule has 1 amide bonds. The molecule has 1 aliphatic carbocycles. The Balaban J connectivity index is 1.36. The Bertz CT molecular complexity index is 1310. The van der Waals surface area contributed by atoms with Gasteiger partial charge in [-0.2, -0.15) is 0 Å². The van der Waals surface area contributed by atoms with Crippen LogP contribution in [-0.2, 0) is 9.84 Å². The molecule has 0 aromatic heterocycles. The molecule has 0 atom stereocenters. The lowest BCUT2D eigenvalue weighted by atomic mass is 10.0. The summed E-state index contributed by atoms with van der Waals surface area (Å²) in [5.74, 6) is 0.242. The molecule has 0 heterocycles. The maximum atomic E-state index is 12.9. The monoisotopic (exact) mass is 449 g/mol. The molecule has 6 nitrogen and oxygen atoms in total. The van der Waals surface area contributed by atoms with Crippen LogP contribution in [0, 0.1) is 0 Å². The van der Waals surface area contributed by atoms with Gasteiger partial charge in [-0.05, 0) is 47.9 Å². The second-order valence-corrected chi connectivity index (χ2v) is 9.83. The van der Waals surface area contributed by atoms with Gasteiger partial charge in [-0.1, -0.05) is 36.4 Å². The summed E-state index contributed by atoms with van der Waals surface area (Å²) in [6, 6.07) is 19.0. The van der Waals surface area contributed by atoms with Crippen LogP contribution < -0.4 is 4.74 Å². The molecular formula is C25H23NO5S. The Labute approximate surface area is 187 Å². The molecule has 3 aromatic carbocycles. The average molecular weight is 450 g/mol. The smallest absolute Gasteiger partial charge is 0.253 e.